The summed E-state index contributed by atoms with van der Waals surface area (Å²) in [4.78, 5) is 3.92. The van der Waals surface area contributed by atoms with Crippen LogP contribution in [0.3, 0.4) is 0 Å². The van der Waals surface area contributed by atoms with Crippen LogP contribution in [0.2, 0.25) is 0 Å². The standard InChI is InChI=1S/C13H24N2S/c1-11(6-7-14)10-15(3)12(2)9-13-5-4-8-16-13/h4-5,8,11-12H,6-7,9-10,14H2,1-3H3. The van der Waals surface area contributed by atoms with Crippen LogP contribution in [-0.4, -0.2) is 31.1 Å². The van der Waals surface area contributed by atoms with Crippen molar-refractivity contribution in [3.63, 3.8) is 0 Å². The molecule has 0 bridgehead atoms. The average Bonchev–Trinajstić information content (AvgIpc) is 2.70. The number of nitrogens with zero attached hydrogens (tertiary/aromatic N) is 1. The third-order valence-corrected chi connectivity index (χ3v) is 3.99. The molecule has 92 valence electrons. The molecule has 0 saturated carbocycles. The molecule has 1 aromatic rings. The van der Waals surface area contributed by atoms with Gasteiger partial charge in [-0.05, 0) is 50.7 Å². The van der Waals surface area contributed by atoms with Crippen LogP contribution in [0, 0.1) is 5.92 Å². The lowest BCUT2D eigenvalue weighted by atomic mass is 10.1. The van der Waals surface area contributed by atoms with Crippen LogP contribution in [0.25, 0.3) is 0 Å². The zero-order chi connectivity index (χ0) is 12.0. The summed E-state index contributed by atoms with van der Waals surface area (Å²) >= 11 is 1.85. The fourth-order valence-electron chi connectivity index (χ4n) is 1.92. The summed E-state index contributed by atoms with van der Waals surface area (Å²) in [7, 11) is 2.21. The van der Waals surface area contributed by atoms with E-state index in [0.717, 1.165) is 25.9 Å². The van der Waals surface area contributed by atoms with E-state index in [2.05, 4.69) is 43.3 Å². The van der Waals surface area contributed by atoms with Gasteiger partial charge in [0.1, 0.15) is 0 Å². The predicted molar refractivity (Wildman–Crippen MR) is 73.0 cm³/mol. The minimum atomic E-state index is 0.610. The Balaban J connectivity index is 2.32. The maximum absolute atomic E-state index is 5.57. The van der Waals surface area contributed by atoms with Gasteiger partial charge in [0.2, 0.25) is 0 Å². The van der Waals surface area contributed by atoms with E-state index in [9.17, 15) is 0 Å². The topological polar surface area (TPSA) is 29.3 Å². The molecule has 0 radical (unpaired) electrons. The van der Waals surface area contributed by atoms with Gasteiger partial charge >= 0.3 is 0 Å². The van der Waals surface area contributed by atoms with Crippen molar-refractivity contribution in [1.82, 2.24) is 4.90 Å². The number of nitrogens with two attached hydrogens (primary N) is 1. The van der Waals surface area contributed by atoms with E-state index in [-0.39, 0.29) is 0 Å². The third-order valence-electron chi connectivity index (χ3n) is 3.09. The fourth-order valence-corrected chi connectivity index (χ4v) is 2.75. The lowest BCUT2D eigenvalue weighted by Crippen LogP contribution is -2.34. The molecule has 1 heterocycles. The van der Waals surface area contributed by atoms with E-state index in [1.165, 1.54) is 4.88 Å². The Kier molecular flexibility index (Phi) is 6.03. The first kappa shape index (κ1) is 13.7. The molecule has 0 amide bonds. The van der Waals surface area contributed by atoms with Crippen molar-refractivity contribution in [2.45, 2.75) is 32.7 Å². The number of likely N-dealkylation sites (N-methyl/N-ethyl adjacent to an activating group) is 1. The van der Waals surface area contributed by atoms with Crippen molar-refractivity contribution >= 4 is 11.3 Å². The molecule has 1 aromatic heterocycles. The molecule has 0 saturated heterocycles. The molecule has 2 atom stereocenters. The number of thiophene rings is 1. The molecule has 0 fully saturated rings. The van der Waals surface area contributed by atoms with Crippen molar-refractivity contribution in [2.75, 3.05) is 20.1 Å². The highest BCUT2D eigenvalue weighted by Gasteiger charge is 2.13. The van der Waals surface area contributed by atoms with Crippen molar-refractivity contribution < 1.29 is 0 Å². The van der Waals surface area contributed by atoms with Gasteiger partial charge in [-0.15, -0.1) is 11.3 Å². The Morgan fingerprint density at radius 2 is 2.19 bits per heavy atom. The van der Waals surface area contributed by atoms with Crippen molar-refractivity contribution in [3.05, 3.63) is 22.4 Å². The maximum Gasteiger partial charge on any atom is 0.0112 e. The summed E-state index contributed by atoms with van der Waals surface area (Å²) in [5, 5.41) is 2.15. The van der Waals surface area contributed by atoms with E-state index < -0.39 is 0 Å². The lowest BCUT2D eigenvalue weighted by molar-refractivity contribution is 0.220. The third kappa shape index (κ3) is 4.64. The van der Waals surface area contributed by atoms with Crippen LogP contribution in [0.15, 0.2) is 17.5 Å². The molecule has 0 aliphatic rings. The highest BCUT2D eigenvalue weighted by Crippen LogP contribution is 2.14. The minimum absolute atomic E-state index is 0.610. The molecule has 2 nitrogen and oxygen atoms in total. The maximum atomic E-state index is 5.57. The Labute approximate surface area is 103 Å². The van der Waals surface area contributed by atoms with Gasteiger partial charge in [-0.2, -0.15) is 0 Å². The van der Waals surface area contributed by atoms with Crippen molar-refractivity contribution in [3.8, 4) is 0 Å². The van der Waals surface area contributed by atoms with E-state index in [0.29, 0.717) is 12.0 Å². The Hall–Kier alpha value is -0.380. The Morgan fingerprint density at radius 1 is 1.44 bits per heavy atom. The van der Waals surface area contributed by atoms with Gasteiger partial charge in [-0.1, -0.05) is 13.0 Å². The van der Waals surface area contributed by atoms with Gasteiger partial charge in [0.25, 0.3) is 0 Å². The highest BCUT2D eigenvalue weighted by molar-refractivity contribution is 7.09. The smallest absolute Gasteiger partial charge is 0.0112 e. The SMILES string of the molecule is CC(CCN)CN(C)C(C)Cc1cccs1. The molecule has 2 unspecified atom stereocenters. The Bertz CT molecular complexity index is 271. The van der Waals surface area contributed by atoms with E-state index in [1.807, 2.05) is 11.3 Å². The highest BCUT2D eigenvalue weighted by atomic mass is 32.1. The molecular formula is C13H24N2S. The van der Waals surface area contributed by atoms with E-state index in [4.69, 9.17) is 5.73 Å². The second kappa shape index (κ2) is 7.05. The normalized spacial score (nSPS) is 15.3. The predicted octanol–water partition coefficient (Wildman–Crippen LogP) is 2.60. The van der Waals surface area contributed by atoms with Gasteiger partial charge < -0.3 is 10.6 Å². The Morgan fingerprint density at radius 3 is 2.75 bits per heavy atom. The van der Waals surface area contributed by atoms with Crippen molar-refractivity contribution in [1.29, 1.82) is 0 Å². The zero-order valence-corrected chi connectivity index (χ0v) is 11.5. The van der Waals surface area contributed by atoms with Crippen molar-refractivity contribution in [2.24, 2.45) is 11.7 Å². The summed E-state index contributed by atoms with van der Waals surface area (Å²) in [5.41, 5.74) is 5.57. The number of rotatable bonds is 7. The summed E-state index contributed by atoms with van der Waals surface area (Å²) in [6.07, 6.45) is 2.28. The minimum Gasteiger partial charge on any atom is -0.330 e. The van der Waals surface area contributed by atoms with Crippen LogP contribution in [0.1, 0.15) is 25.1 Å². The van der Waals surface area contributed by atoms with Gasteiger partial charge in [0.05, 0.1) is 0 Å². The molecular weight excluding hydrogens is 216 g/mol. The lowest BCUT2D eigenvalue weighted by Gasteiger charge is -2.27. The summed E-state index contributed by atoms with van der Waals surface area (Å²) in [6, 6.07) is 4.96. The molecule has 16 heavy (non-hydrogen) atoms. The molecule has 3 heteroatoms. The second-order valence-corrected chi connectivity index (χ2v) is 5.79. The van der Waals surface area contributed by atoms with Gasteiger partial charge in [0.15, 0.2) is 0 Å². The fraction of sp³-hybridized carbons (Fsp3) is 0.692. The second-order valence-electron chi connectivity index (χ2n) is 4.75. The van der Waals surface area contributed by atoms with E-state index >= 15 is 0 Å². The summed E-state index contributed by atoms with van der Waals surface area (Å²) in [5.74, 6) is 0.695. The van der Waals surface area contributed by atoms with Gasteiger partial charge in [-0.3, -0.25) is 0 Å². The van der Waals surface area contributed by atoms with Crippen LogP contribution in [0.5, 0.6) is 0 Å². The molecule has 0 aromatic carbocycles. The molecule has 0 spiro atoms. The van der Waals surface area contributed by atoms with Crippen LogP contribution < -0.4 is 5.73 Å². The number of hydrogen-bond donors (Lipinski definition) is 1. The van der Waals surface area contributed by atoms with Crippen LogP contribution in [-0.2, 0) is 6.42 Å². The summed E-state index contributed by atoms with van der Waals surface area (Å²) < 4.78 is 0. The first-order valence-corrected chi connectivity index (χ1v) is 6.94. The van der Waals surface area contributed by atoms with Crippen LogP contribution in [0.4, 0.5) is 0 Å². The van der Waals surface area contributed by atoms with Crippen LogP contribution >= 0.6 is 11.3 Å². The first-order valence-electron chi connectivity index (χ1n) is 6.06. The quantitative estimate of drug-likeness (QED) is 0.794. The first-order chi connectivity index (χ1) is 7.63. The molecule has 0 aliphatic carbocycles. The molecule has 2 N–H and O–H groups in total. The largest absolute Gasteiger partial charge is 0.330 e. The van der Waals surface area contributed by atoms with Gasteiger partial charge in [-0.25, -0.2) is 0 Å². The molecule has 0 aliphatic heterocycles. The zero-order valence-electron chi connectivity index (χ0n) is 10.6. The van der Waals surface area contributed by atoms with E-state index in [1.54, 1.807) is 0 Å². The summed E-state index contributed by atoms with van der Waals surface area (Å²) in [6.45, 7) is 6.52. The number of hydrogen-bond acceptors (Lipinski definition) is 3. The monoisotopic (exact) mass is 240 g/mol. The van der Waals surface area contributed by atoms with Gasteiger partial charge in [0, 0.05) is 17.5 Å². The molecule has 1 rings (SSSR count). The average molecular weight is 240 g/mol.